The summed E-state index contributed by atoms with van der Waals surface area (Å²) in [7, 11) is 0. The summed E-state index contributed by atoms with van der Waals surface area (Å²) in [6.07, 6.45) is 5.18. The minimum atomic E-state index is -0.347. The number of rotatable bonds is 1. The molecule has 16 heavy (non-hydrogen) atoms. The van der Waals surface area contributed by atoms with Crippen LogP contribution in [0.1, 0.15) is 11.1 Å². The summed E-state index contributed by atoms with van der Waals surface area (Å²) in [5, 5.41) is 3.70. The fourth-order valence-electron chi connectivity index (χ4n) is 1.69. The average molecular weight is 213 g/mol. The third-order valence-corrected chi connectivity index (χ3v) is 2.50. The molecule has 0 aliphatic rings. The highest BCUT2D eigenvalue weighted by molar-refractivity contribution is 5.85. The first-order valence-electron chi connectivity index (χ1n) is 4.88. The molecule has 1 aromatic heterocycles. The molecule has 2 aromatic rings. The van der Waals surface area contributed by atoms with Crippen LogP contribution in [0.3, 0.4) is 0 Å². The average Bonchev–Trinajstić information content (AvgIpc) is 2.21. The molecule has 2 rings (SSSR count). The summed E-state index contributed by atoms with van der Waals surface area (Å²) < 4.78 is 5.12. The predicted octanol–water partition coefficient (Wildman–Crippen LogP) is 2.41. The van der Waals surface area contributed by atoms with E-state index in [4.69, 9.17) is 10.8 Å². The molecule has 0 unspecified atom stereocenters. The molecule has 0 saturated carbocycles. The molecule has 0 aliphatic carbocycles. The first-order chi connectivity index (χ1) is 7.61. The number of hydrogen-bond donors (Lipinski definition) is 1. The molecule has 1 N–H and O–H groups in total. The second-order valence-corrected chi connectivity index (χ2v) is 3.68. The second-order valence-electron chi connectivity index (χ2n) is 3.68. The topological polar surface area (TPSA) is 42.2 Å². The number of nitrogens with one attached hydrogen (secondary N) is 1. The van der Waals surface area contributed by atoms with Gasteiger partial charge < -0.3 is 9.73 Å². The van der Waals surface area contributed by atoms with E-state index in [1.807, 2.05) is 19.9 Å². The molecule has 0 amide bonds. The van der Waals surface area contributed by atoms with Crippen molar-refractivity contribution in [3.8, 4) is 12.5 Å². The zero-order valence-electron chi connectivity index (χ0n) is 9.13. The number of fused-ring (bicyclic) bond motifs is 1. The monoisotopic (exact) mass is 213 g/mol. The maximum absolute atomic E-state index is 11.2. The number of terminal acetylenes is 1. The molecule has 80 valence electrons. The van der Waals surface area contributed by atoms with Gasteiger partial charge in [0.05, 0.1) is 5.69 Å². The van der Waals surface area contributed by atoms with Crippen molar-refractivity contribution in [3.05, 3.63) is 39.7 Å². The smallest absolute Gasteiger partial charge is 0.336 e. The number of anilines is 1. The molecule has 0 spiro atoms. The van der Waals surface area contributed by atoms with Gasteiger partial charge in [0.2, 0.25) is 0 Å². The summed E-state index contributed by atoms with van der Waals surface area (Å²) in [5.74, 6) is 0. The van der Waals surface area contributed by atoms with E-state index in [1.165, 1.54) is 6.07 Å². The highest BCUT2D eigenvalue weighted by atomic mass is 16.4. The maximum atomic E-state index is 11.2. The first kappa shape index (κ1) is 10.3. The van der Waals surface area contributed by atoms with Crippen LogP contribution < -0.4 is 10.9 Å². The molecule has 3 heteroatoms. The fraction of sp³-hybridized carbons (Fsp3) is 0.154. The third kappa shape index (κ3) is 1.66. The van der Waals surface area contributed by atoms with Crippen molar-refractivity contribution in [1.29, 1.82) is 0 Å². The normalized spacial score (nSPS) is 10.1. The second kappa shape index (κ2) is 3.74. The van der Waals surface area contributed by atoms with Crippen LogP contribution in [0.2, 0.25) is 0 Å². The van der Waals surface area contributed by atoms with Crippen LogP contribution in [-0.4, -0.2) is 0 Å². The number of benzene rings is 1. The Morgan fingerprint density at radius 1 is 1.25 bits per heavy atom. The van der Waals surface area contributed by atoms with E-state index in [0.29, 0.717) is 5.58 Å². The SMILES string of the molecule is C#CNc1cc2oc(=O)cc(C)c2cc1C. The van der Waals surface area contributed by atoms with E-state index in [9.17, 15) is 4.79 Å². The molecule has 3 nitrogen and oxygen atoms in total. The largest absolute Gasteiger partial charge is 0.423 e. The minimum Gasteiger partial charge on any atom is -0.423 e. The zero-order chi connectivity index (χ0) is 11.7. The van der Waals surface area contributed by atoms with Crippen molar-refractivity contribution in [2.24, 2.45) is 0 Å². The van der Waals surface area contributed by atoms with E-state index < -0.39 is 0 Å². The fourth-order valence-corrected chi connectivity index (χ4v) is 1.69. The molecule has 1 heterocycles. The van der Waals surface area contributed by atoms with E-state index in [-0.39, 0.29) is 5.63 Å². The van der Waals surface area contributed by atoms with Crippen LogP contribution >= 0.6 is 0 Å². The minimum absolute atomic E-state index is 0.347. The van der Waals surface area contributed by atoms with Crippen LogP contribution in [-0.2, 0) is 0 Å². The summed E-state index contributed by atoms with van der Waals surface area (Å²) in [4.78, 5) is 11.2. The Balaban J connectivity index is 2.80. The standard InChI is InChI=1S/C13H11NO2/c1-4-14-11-7-12-10(5-9(11)3)8(2)6-13(15)16-12/h1,5-7,14H,2-3H3. The quantitative estimate of drug-likeness (QED) is 0.449. The van der Waals surface area contributed by atoms with Crippen molar-refractivity contribution in [1.82, 2.24) is 0 Å². The highest BCUT2D eigenvalue weighted by Gasteiger charge is 2.05. The summed E-state index contributed by atoms with van der Waals surface area (Å²) in [5.41, 5.74) is 2.90. The maximum Gasteiger partial charge on any atom is 0.336 e. The molecular formula is C13H11NO2. The lowest BCUT2D eigenvalue weighted by atomic mass is 10.1. The zero-order valence-corrected chi connectivity index (χ0v) is 9.13. The highest BCUT2D eigenvalue weighted by Crippen LogP contribution is 2.24. The molecule has 0 fully saturated rings. The number of hydrogen-bond acceptors (Lipinski definition) is 3. The molecule has 0 saturated heterocycles. The Labute approximate surface area is 93.1 Å². The van der Waals surface area contributed by atoms with Crippen molar-refractivity contribution in [2.45, 2.75) is 13.8 Å². The van der Waals surface area contributed by atoms with Gasteiger partial charge in [-0.3, -0.25) is 0 Å². The molecule has 0 atom stereocenters. The van der Waals surface area contributed by atoms with Crippen LogP contribution in [0, 0.1) is 26.3 Å². The van der Waals surface area contributed by atoms with Gasteiger partial charge in [0, 0.05) is 23.6 Å². The number of aryl methyl sites for hydroxylation is 2. The molecule has 1 aromatic carbocycles. The third-order valence-electron chi connectivity index (χ3n) is 2.50. The van der Waals surface area contributed by atoms with Gasteiger partial charge in [0.25, 0.3) is 0 Å². The van der Waals surface area contributed by atoms with Crippen molar-refractivity contribution in [2.75, 3.05) is 5.32 Å². The lowest BCUT2D eigenvalue weighted by Gasteiger charge is -2.07. The Morgan fingerprint density at radius 2 is 2.00 bits per heavy atom. The molecular weight excluding hydrogens is 202 g/mol. The van der Waals surface area contributed by atoms with E-state index in [1.54, 1.807) is 6.07 Å². The van der Waals surface area contributed by atoms with E-state index >= 15 is 0 Å². The summed E-state index contributed by atoms with van der Waals surface area (Å²) in [6.45, 7) is 3.83. The van der Waals surface area contributed by atoms with Gasteiger partial charge in [-0.25, -0.2) is 4.79 Å². The molecule has 0 bridgehead atoms. The van der Waals surface area contributed by atoms with Gasteiger partial charge in [0.1, 0.15) is 5.58 Å². The van der Waals surface area contributed by atoms with Gasteiger partial charge >= 0.3 is 5.63 Å². The lowest BCUT2D eigenvalue weighted by molar-refractivity contribution is 0.560. The van der Waals surface area contributed by atoms with Gasteiger partial charge in [-0.15, -0.1) is 0 Å². The molecule has 0 radical (unpaired) electrons. The van der Waals surface area contributed by atoms with Crippen molar-refractivity contribution in [3.63, 3.8) is 0 Å². The summed E-state index contributed by atoms with van der Waals surface area (Å²) in [6, 6.07) is 7.53. The van der Waals surface area contributed by atoms with E-state index in [2.05, 4.69) is 11.4 Å². The van der Waals surface area contributed by atoms with Gasteiger partial charge in [-0.1, -0.05) is 6.42 Å². The Bertz CT molecular complexity index is 647. The first-order valence-corrected chi connectivity index (χ1v) is 4.88. The summed E-state index contributed by atoms with van der Waals surface area (Å²) >= 11 is 0. The van der Waals surface area contributed by atoms with Gasteiger partial charge in [-0.2, -0.15) is 0 Å². The predicted molar refractivity (Wildman–Crippen MR) is 64.4 cm³/mol. The van der Waals surface area contributed by atoms with Gasteiger partial charge in [0.15, 0.2) is 0 Å². The van der Waals surface area contributed by atoms with E-state index in [0.717, 1.165) is 22.2 Å². The Hall–Kier alpha value is -2.21. The molecule has 0 aliphatic heterocycles. The van der Waals surface area contributed by atoms with Gasteiger partial charge in [-0.05, 0) is 31.0 Å². The Kier molecular flexibility index (Phi) is 2.41. The van der Waals surface area contributed by atoms with Crippen LogP contribution in [0.25, 0.3) is 11.0 Å². The van der Waals surface area contributed by atoms with Crippen molar-refractivity contribution < 1.29 is 4.42 Å². The van der Waals surface area contributed by atoms with Crippen LogP contribution in [0.15, 0.2) is 27.4 Å². The van der Waals surface area contributed by atoms with Crippen LogP contribution in [0.5, 0.6) is 0 Å². The van der Waals surface area contributed by atoms with Crippen LogP contribution in [0.4, 0.5) is 5.69 Å². The lowest BCUT2D eigenvalue weighted by Crippen LogP contribution is -1.99. The Morgan fingerprint density at radius 3 is 2.69 bits per heavy atom. The van der Waals surface area contributed by atoms with Crippen molar-refractivity contribution >= 4 is 16.7 Å².